The van der Waals surface area contributed by atoms with Crippen molar-refractivity contribution >= 4 is 16.8 Å². The average Bonchev–Trinajstić information content (AvgIpc) is 2.92. The van der Waals surface area contributed by atoms with E-state index in [1.165, 1.54) is 0 Å². The van der Waals surface area contributed by atoms with Crippen LogP contribution in [0.4, 0.5) is 0 Å². The van der Waals surface area contributed by atoms with E-state index in [0.29, 0.717) is 12.0 Å². The summed E-state index contributed by atoms with van der Waals surface area (Å²) in [5.41, 5.74) is 2.64. The van der Waals surface area contributed by atoms with Gasteiger partial charge in [-0.05, 0) is 56.2 Å². The molecule has 0 bridgehead atoms. The van der Waals surface area contributed by atoms with Crippen molar-refractivity contribution in [2.24, 2.45) is 5.92 Å². The van der Waals surface area contributed by atoms with Crippen molar-refractivity contribution in [3.8, 4) is 0 Å². The summed E-state index contributed by atoms with van der Waals surface area (Å²) >= 11 is 0. The summed E-state index contributed by atoms with van der Waals surface area (Å²) in [5.74, 6) is 0.578. The first-order chi connectivity index (χ1) is 11.4. The number of fused-ring (bicyclic) bond motifs is 1. The van der Waals surface area contributed by atoms with Gasteiger partial charge in [0, 0.05) is 35.8 Å². The van der Waals surface area contributed by atoms with Crippen LogP contribution in [0, 0.1) is 5.92 Å². The van der Waals surface area contributed by atoms with Gasteiger partial charge in [-0.1, -0.05) is 13.8 Å². The highest BCUT2D eigenvalue weighted by Crippen LogP contribution is 2.29. The predicted molar refractivity (Wildman–Crippen MR) is 95.3 cm³/mol. The Bertz CT molecular complexity index is 742. The van der Waals surface area contributed by atoms with Gasteiger partial charge in [0.15, 0.2) is 0 Å². The van der Waals surface area contributed by atoms with E-state index < -0.39 is 0 Å². The molecule has 24 heavy (non-hydrogen) atoms. The van der Waals surface area contributed by atoms with E-state index in [1.54, 1.807) is 0 Å². The first-order valence-corrected chi connectivity index (χ1v) is 8.83. The topological polar surface area (TPSA) is 67.2 Å². The van der Waals surface area contributed by atoms with Crippen LogP contribution >= 0.6 is 0 Å². The van der Waals surface area contributed by atoms with Crippen molar-refractivity contribution in [2.75, 3.05) is 6.61 Å². The Balaban J connectivity index is 1.90. The molecule has 1 fully saturated rings. The zero-order valence-electron chi connectivity index (χ0n) is 14.9. The normalized spacial score (nSPS) is 20.6. The zero-order valence-corrected chi connectivity index (χ0v) is 14.9. The van der Waals surface area contributed by atoms with Crippen LogP contribution < -0.4 is 5.32 Å². The van der Waals surface area contributed by atoms with E-state index in [4.69, 9.17) is 5.11 Å². The summed E-state index contributed by atoms with van der Waals surface area (Å²) in [4.78, 5) is 12.7. The number of carbonyl (C=O) groups excluding carboxylic acids is 1. The largest absolute Gasteiger partial charge is 0.396 e. The molecule has 1 aromatic carbocycles. The molecule has 5 heteroatoms. The van der Waals surface area contributed by atoms with Gasteiger partial charge in [0.2, 0.25) is 0 Å². The first kappa shape index (κ1) is 17.0. The minimum atomic E-state index is -0.0268. The third-order valence-electron chi connectivity index (χ3n) is 4.92. The Hall–Kier alpha value is -1.88. The lowest BCUT2D eigenvalue weighted by Crippen LogP contribution is -2.45. The Morgan fingerprint density at radius 2 is 2.04 bits per heavy atom. The Kier molecular flexibility index (Phi) is 4.63. The second-order valence-electron chi connectivity index (χ2n) is 7.55. The van der Waals surface area contributed by atoms with Gasteiger partial charge < -0.3 is 10.4 Å². The molecule has 0 unspecified atom stereocenters. The maximum absolute atomic E-state index is 12.7. The highest BCUT2D eigenvalue weighted by molar-refractivity contribution is 5.99. The number of benzene rings is 1. The quantitative estimate of drug-likeness (QED) is 0.885. The number of carbonyl (C=O) groups is 1. The van der Waals surface area contributed by atoms with E-state index in [1.807, 2.05) is 16.9 Å². The molecule has 1 aliphatic rings. The van der Waals surface area contributed by atoms with Crippen molar-refractivity contribution in [1.29, 1.82) is 0 Å². The van der Waals surface area contributed by atoms with Crippen molar-refractivity contribution in [3.05, 3.63) is 29.5 Å². The molecule has 0 aliphatic heterocycles. The molecule has 3 rings (SSSR count). The minimum Gasteiger partial charge on any atom is -0.396 e. The molecule has 1 saturated carbocycles. The maximum atomic E-state index is 12.7. The van der Waals surface area contributed by atoms with Gasteiger partial charge in [0.05, 0.1) is 5.52 Å². The molecular formula is C19H27N3O2. The number of hydrogen-bond donors (Lipinski definition) is 2. The molecule has 1 aliphatic carbocycles. The van der Waals surface area contributed by atoms with Crippen molar-refractivity contribution in [3.63, 3.8) is 0 Å². The van der Waals surface area contributed by atoms with Crippen LogP contribution in [-0.4, -0.2) is 33.4 Å². The molecule has 1 amide bonds. The standard InChI is InChI=1S/C19H27N3O2/c1-11(2)16-7-14-9-22(12(3)4)21-18(14)8-17(16)19(24)20-15-5-13(6-15)10-23/h7-9,11-13,15,23H,5-6,10H2,1-4H3,(H,20,24). The van der Waals surface area contributed by atoms with Crippen molar-refractivity contribution in [2.45, 2.75) is 58.5 Å². The SMILES string of the molecule is CC(C)c1cc2cn(C(C)C)nc2cc1C(=O)NC1CC(CO)C1. The van der Waals surface area contributed by atoms with E-state index in [2.05, 4.69) is 44.2 Å². The number of aromatic nitrogens is 2. The highest BCUT2D eigenvalue weighted by Gasteiger charge is 2.30. The number of aliphatic hydroxyl groups is 1. The monoisotopic (exact) mass is 329 g/mol. The lowest BCUT2D eigenvalue weighted by Gasteiger charge is -2.34. The van der Waals surface area contributed by atoms with Gasteiger partial charge >= 0.3 is 0 Å². The van der Waals surface area contributed by atoms with E-state index in [-0.39, 0.29) is 24.5 Å². The second kappa shape index (κ2) is 6.55. The number of hydrogen-bond acceptors (Lipinski definition) is 3. The Morgan fingerprint density at radius 3 is 2.62 bits per heavy atom. The third-order valence-corrected chi connectivity index (χ3v) is 4.92. The van der Waals surface area contributed by atoms with Crippen LogP contribution in [0.25, 0.3) is 10.9 Å². The van der Waals surface area contributed by atoms with Crippen LogP contribution in [-0.2, 0) is 0 Å². The van der Waals surface area contributed by atoms with E-state index in [0.717, 1.165) is 34.9 Å². The lowest BCUT2D eigenvalue weighted by atomic mass is 9.80. The third kappa shape index (κ3) is 3.18. The van der Waals surface area contributed by atoms with E-state index in [9.17, 15) is 4.79 Å². The summed E-state index contributed by atoms with van der Waals surface area (Å²) in [5, 5.41) is 17.9. The number of rotatable bonds is 5. The number of nitrogens with zero attached hydrogens (tertiary/aromatic N) is 2. The molecular weight excluding hydrogens is 302 g/mol. The molecule has 0 radical (unpaired) electrons. The maximum Gasteiger partial charge on any atom is 0.251 e. The van der Waals surface area contributed by atoms with Crippen LogP contribution in [0.1, 0.15) is 68.4 Å². The number of nitrogens with one attached hydrogen (secondary N) is 1. The summed E-state index contributed by atoms with van der Waals surface area (Å²) in [7, 11) is 0. The molecule has 0 saturated heterocycles. The number of aliphatic hydroxyl groups excluding tert-OH is 1. The summed E-state index contributed by atoms with van der Waals surface area (Å²) in [6.45, 7) is 8.61. The van der Waals surface area contributed by atoms with Crippen molar-refractivity contribution < 1.29 is 9.90 Å². The fourth-order valence-corrected chi connectivity index (χ4v) is 3.31. The molecule has 5 nitrogen and oxygen atoms in total. The molecule has 0 spiro atoms. The van der Waals surface area contributed by atoms with Crippen LogP contribution in [0.5, 0.6) is 0 Å². The Morgan fingerprint density at radius 1 is 1.33 bits per heavy atom. The minimum absolute atomic E-state index is 0.0268. The Labute approximate surface area is 143 Å². The molecule has 2 aromatic rings. The fourth-order valence-electron chi connectivity index (χ4n) is 3.31. The van der Waals surface area contributed by atoms with Gasteiger partial charge in [-0.15, -0.1) is 0 Å². The molecule has 1 heterocycles. The predicted octanol–water partition coefficient (Wildman–Crippen LogP) is 3.24. The summed E-state index contributed by atoms with van der Waals surface area (Å²) in [6, 6.07) is 4.49. The van der Waals surface area contributed by atoms with Crippen LogP contribution in [0.3, 0.4) is 0 Å². The molecule has 2 N–H and O–H groups in total. The highest BCUT2D eigenvalue weighted by atomic mass is 16.3. The number of amides is 1. The van der Waals surface area contributed by atoms with E-state index >= 15 is 0 Å². The summed E-state index contributed by atoms with van der Waals surface area (Å²) < 4.78 is 1.94. The van der Waals surface area contributed by atoms with Gasteiger partial charge in [0.25, 0.3) is 5.91 Å². The smallest absolute Gasteiger partial charge is 0.251 e. The second-order valence-corrected chi connectivity index (χ2v) is 7.55. The first-order valence-electron chi connectivity index (χ1n) is 8.83. The van der Waals surface area contributed by atoms with Gasteiger partial charge in [0.1, 0.15) is 0 Å². The van der Waals surface area contributed by atoms with Crippen molar-refractivity contribution in [1.82, 2.24) is 15.1 Å². The zero-order chi connectivity index (χ0) is 17.4. The van der Waals surface area contributed by atoms with Crippen LogP contribution in [0.15, 0.2) is 18.3 Å². The van der Waals surface area contributed by atoms with Crippen LogP contribution in [0.2, 0.25) is 0 Å². The van der Waals surface area contributed by atoms with Gasteiger partial charge in [-0.25, -0.2) is 0 Å². The van der Waals surface area contributed by atoms with Gasteiger partial charge in [-0.3, -0.25) is 9.48 Å². The molecule has 1 aromatic heterocycles. The fraction of sp³-hybridized carbons (Fsp3) is 0.579. The average molecular weight is 329 g/mol. The molecule has 0 atom stereocenters. The lowest BCUT2D eigenvalue weighted by molar-refractivity contribution is 0.0831. The van der Waals surface area contributed by atoms with Gasteiger partial charge in [-0.2, -0.15) is 5.10 Å². The molecule has 130 valence electrons. The summed E-state index contributed by atoms with van der Waals surface area (Å²) in [6.07, 6.45) is 3.78.